The number of aromatic nitrogens is 2. The summed E-state index contributed by atoms with van der Waals surface area (Å²) in [6.07, 6.45) is 3.06. The monoisotopic (exact) mass is 198 g/mol. The second-order valence-electron chi connectivity index (χ2n) is 2.18. The smallest absolute Gasteiger partial charge is 0.154 e. The van der Waals surface area contributed by atoms with Crippen LogP contribution < -0.4 is 10.5 Å². The molecule has 1 heterocycles. The van der Waals surface area contributed by atoms with Crippen molar-refractivity contribution >= 4 is 64.3 Å². The summed E-state index contributed by atoms with van der Waals surface area (Å²) in [6, 6.07) is 0. The summed E-state index contributed by atoms with van der Waals surface area (Å²) in [5.74, 6) is 0. The Bertz CT molecular complexity index is 280. The minimum Gasteiger partial charge on any atom is -0.794 e. The molecule has 0 saturated heterocycles. The van der Waals surface area contributed by atoms with Gasteiger partial charge in [0.1, 0.15) is 0 Å². The van der Waals surface area contributed by atoms with Gasteiger partial charge < -0.3 is 14.0 Å². The topological polar surface area (TPSA) is 58.0 Å². The molecule has 0 aliphatic carbocycles. The molecule has 1 rings (SSSR count). The van der Waals surface area contributed by atoms with Crippen LogP contribution in [0.4, 0.5) is 0 Å². The normalized spacial score (nSPS) is 15.2. The number of rotatable bonds is 1. The molecule has 0 aromatic carbocycles. The van der Waals surface area contributed by atoms with E-state index in [4.69, 9.17) is 0 Å². The van der Waals surface area contributed by atoms with E-state index in [1.165, 1.54) is 10.8 Å². The van der Waals surface area contributed by atoms with E-state index in [1.54, 1.807) is 13.2 Å². The van der Waals surface area contributed by atoms with Gasteiger partial charge in [-0.2, -0.15) is 0 Å². The van der Waals surface area contributed by atoms with Gasteiger partial charge in [0.05, 0.1) is 7.37 Å². The molecule has 1 aromatic heterocycles. The molecular weight excluding hydrogens is 190 g/mol. The molecule has 1 unspecified atom stereocenters. The quantitative estimate of drug-likeness (QED) is 0.426. The van der Waals surface area contributed by atoms with Crippen molar-refractivity contribution < 1.29 is 9.46 Å². The van der Waals surface area contributed by atoms with Crippen molar-refractivity contribution in [3.05, 3.63) is 12.4 Å². The fourth-order valence-corrected chi connectivity index (χ4v) is 1.67. The van der Waals surface area contributed by atoms with Gasteiger partial charge in [0, 0.05) is 70.8 Å². The first-order valence-corrected chi connectivity index (χ1v) is 4.85. The Morgan fingerprint density at radius 2 is 2.27 bits per heavy atom. The summed E-state index contributed by atoms with van der Waals surface area (Å²) in [7, 11) is -1.76. The van der Waals surface area contributed by atoms with Crippen molar-refractivity contribution in [2.75, 3.05) is 6.66 Å². The van der Waals surface area contributed by atoms with Crippen LogP contribution in [0.25, 0.3) is 0 Å². The van der Waals surface area contributed by atoms with Gasteiger partial charge in [-0.1, -0.05) is 0 Å². The van der Waals surface area contributed by atoms with Gasteiger partial charge in [0.15, 0.2) is 5.57 Å². The van der Waals surface area contributed by atoms with E-state index < -0.39 is 7.37 Å². The standard InChI is InChI=1S/C5H9N2O2P.K/c1-7-4-3-6-5(7)10(2,8)9;/h3-4H,1-2H3,(H,8,9);/p-1. The third kappa shape index (κ3) is 3.10. The van der Waals surface area contributed by atoms with Crippen LogP contribution in [0.3, 0.4) is 0 Å². The molecule has 1 aromatic rings. The van der Waals surface area contributed by atoms with Crippen LogP contribution in [0.2, 0.25) is 0 Å². The Hall–Kier alpha value is 1.04. The molecule has 0 aliphatic rings. The first-order valence-electron chi connectivity index (χ1n) is 2.78. The van der Waals surface area contributed by atoms with E-state index in [0.29, 0.717) is 0 Å². The average molecular weight is 198 g/mol. The van der Waals surface area contributed by atoms with Crippen LogP contribution in [0.15, 0.2) is 12.4 Å². The van der Waals surface area contributed by atoms with Gasteiger partial charge in [0.2, 0.25) is 0 Å². The second-order valence-corrected chi connectivity index (χ2v) is 4.28. The summed E-state index contributed by atoms with van der Waals surface area (Å²) < 4.78 is 12.3. The van der Waals surface area contributed by atoms with Crippen molar-refractivity contribution in [2.24, 2.45) is 7.05 Å². The van der Waals surface area contributed by atoms with Crippen molar-refractivity contribution in [3.8, 4) is 0 Å². The maximum Gasteiger partial charge on any atom is 0.154 e. The minimum absolute atomic E-state index is 0. The zero-order valence-corrected chi connectivity index (χ0v) is 10.8. The van der Waals surface area contributed by atoms with Gasteiger partial charge in [-0.3, -0.25) is 0 Å². The number of aryl methyl sites for hydroxylation is 1. The number of nitrogens with zero attached hydrogens (tertiary/aromatic N) is 2. The van der Waals surface area contributed by atoms with Crippen LogP contribution in [-0.2, 0) is 11.6 Å². The Balaban J connectivity index is 0.000001000. The van der Waals surface area contributed by atoms with Crippen LogP contribution in [0.5, 0.6) is 0 Å². The summed E-state index contributed by atoms with van der Waals surface area (Å²) >= 11 is 0. The number of imidazole rings is 1. The van der Waals surface area contributed by atoms with E-state index in [1.807, 2.05) is 0 Å². The van der Waals surface area contributed by atoms with E-state index in [9.17, 15) is 9.46 Å². The predicted molar refractivity (Wildman–Crippen MR) is 42.1 cm³/mol. The van der Waals surface area contributed by atoms with E-state index in [2.05, 4.69) is 4.98 Å². The van der Waals surface area contributed by atoms with Crippen molar-refractivity contribution in [2.45, 2.75) is 0 Å². The van der Waals surface area contributed by atoms with Gasteiger partial charge in [0.25, 0.3) is 0 Å². The first-order chi connectivity index (χ1) is 4.52. The third-order valence-corrected chi connectivity index (χ3v) is 2.32. The molecular formula is C5H8KN2O2P-. The molecule has 57 valence electrons. The zero-order chi connectivity index (χ0) is 7.78. The van der Waals surface area contributed by atoms with E-state index >= 15 is 0 Å². The Labute approximate surface area is 108 Å². The largest absolute Gasteiger partial charge is 0.794 e. The fourth-order valence-electron chi connectivity index (χ4n) is 0.749. The number of hydrogen-bond acceptors (Lipinski definition) is 3. The molecule has 11 heavy (non-hydrogen) atoms. The Morgan fingerprint density at radius 1 is 1.73 bits per heavy atom. The SMILES string of the molecule is Cn1ccnc1P(C)(=O)[O-].[K]. The van der Waals surface area contributed by atoms with Crippen molar-refractivity contribution in [1.29, 1.82) is 0 Å². The minimum atomic E-state index is -3.41. The summed E-state index contributed by atoms with van der Waals surface area (Å²) in [4.78, 5) is 14.5. The fraction of sp³-hybridized carbons (Fsp3) is 0.400. The van der Waals surface area contributed by atoms with Crippen molar-refractivity contribution in [1.82, 2.24) is 9.55 Å². The Morgan fingerprint density at radius 3 is 2.45 bits per heavy atom. The van der Waals surface area contributed by atoms with E-state index in [0.717, 1.165) is 6.66 Å². The molecule has 0 N–H and O–H groups in total. The molecule has 0 fully saturated rings. The molecule has 4 nitrogen and oxygen atoms in total. The van der Waals surface area contributed by atoms with Crippen LogP contribution >= 0.6 is 7.37 Å². The molecule has 0 bridgehead atoms. The molecule has 1 radical (unpaired) electrons. The van der Waals surface area contributed by atoms with Crippen molar-refractivity contribution in [3.63, 3.8) is 0 Å². The molecule has 0 spiro atoms. The predicted octanol–water partition coefficient (Wildman–Crippen LogP) is -1.07. The zero-order valence-electron chi connectivity index (χ0n) is 6.81. The Kier molecular flexibility index (Phi) is 4.73. The van der Waals surface area contributed by atoms with Crippen LogP contribution in [0.1, 0.15) is 0 Å². The van der Waals surface area contributed by atoms with Crippen LogP contribution in [0, 0.1) is 0 Å². The summed E-state index contributed by atoms with van der Waals surface area (Å²) in [5, 5.41) is 0. The van der Waals surface area contributed by atoms with Gasteiger partial charge in [-0.25, -0.2) is 4.98 Å². The molecule has 0 amide bonds. The average Bonchev–Trinajstić information content (AvgIpc) is 2.11. The first kappa shape index (κ1) is 12.0. The number of hydrogen-bond donors (Lipinski definition) is 0. The second kappa shape index (κ2) is 4.32. The van der Waals surface area contributed by atoms with Crippen LogP contribution in [-0.4, -0.2) is 67.6 Å². The van der Waals surface area contributed by atoms with Gasteiger partial charge in [-0.15, -0.1) is 0 Å². The molecule has 1 atom stereocenters. The summed E-state index contributed by atoms with van der Waals surface area (Å²) in [5.41, 5.74) is 0.132. The molecule has 0 aliphatic heterocycles. The maximum atomic E-state index is 10.9. The molecule has 0 saturated carbocycles. The third-order valence-electron chi connectivity index (χ3n) is 1.16. The van der Waals surface area contributed by atoms with Gasteiger partial charge in [-0.05, 0) is 6.66 Å². The summed E-state index contributed by atoms with van der Waals surface area (Å²) in [6.45, 7) is 1.16. The molecule has 6 heteroatoms. The van der Waals surface area contributed by atoms with E-state index in [-0.39, 0.29) is 57.0 Å². The maximum absolute atomic E-state index is 10.9. The van der Waals surface area contributed by atoms with Gasteiger partial charge >= 0.3 is 0 Å².